The van der Waals surface area contributed by atoms with Crippen molar-refractivity contribution in [3.05, 3.63) is 35.4 Å². The largest absolute Gasteiger partial charge is 0.462 e. The molecule has 0 N–H and O–H groups in total. The Hall–Kier alpha value is -1.78. The van der Waals surface area contributed by atoms with Gasteiger partial charge in [0.25, 0.3) is 0 Å². The SMILES string of the molecule is O=C(CCC(=O)c1ccc(F)cc1F)OC1CCCCC1. The number of ether oxygens (including phenoxy) is 1. The summed E-state index contributed by atoms with van der Waals surface area (Å²) in [6.45, 7) is 0. The van der Waals surface area contributed by atoms with Crippen LogP contribution in [0.5, 0.6) is 0 Å². The van der Waals surface area contributed by atoms with E-state index in [1.807, 2.05) is 0 Å². The molecule has 1 aromatic carbocycles. The highest BCUT2D eigenvalue weighted by atomic mass is 19.1. The molecule has 3 nitrogen and oxygen atoms in total. The van der Waals surface area contributed by atoms with Gasteiger partial charge in [0.2, 0.25) is 0 Å². The van der Waals surface area contributed by atoms with Crippen LogP contribution in [0.1, 0.15) is 55.3 Å². The summed E-state index contributed by atoms with van der Waals surface area (Å²) in [5, 5.41) is 0. The topological polar surface area (TPSA) is 43.4 Å². The summed E-state index contributed by atoms with van der Waals surface area (Å²) in [5.41, 5.74) is -0.193. The fourth-order valence-corrected chi connectivity index (χ4v) is 2.49. The Balaban J connectivity index is 1.81. The van der Waals surface area contributed by atoms with E-state index in [-0.39, 0.29) is 24.5 Å². The summed E-state index contributed by atoms with van der Waals surface area (Å²) >= 11 is 0. The normalized spacial score (nSPS) is 15.7. The van der Waals surface area contributed by atoms with Gasteiger partial charge >= 0.3 is 5.97 Å². The van der Waals surface area contributed by atoms with Crippen LogP contribution in [0.2, 0.25) is 0 Å². The predicted molar refractivity (Wildman–Crippen MR) is 72.9 cm³/mol. The van der Waals surface area contributed by atoms with Crippen LogP contribution in [-0.4, -0.2) is 17.9 Å². The Kier molecular flexibility index (Phi) is 5.42. The Labute approximate surface area is 122 Å². The van der Waals surface area contributed by atoms with Crippen molar-refractivity contribution in [1.29, 1.82) is 0 Å². The molecule has 5 heteroatoms. The van der Waals surface area contributed by atoms with Gasteiger partial charge in [-0.2, -0.15) is 0 Å². The van der Waals surface area contributed by atoms with E-state index in [1.165, 1.54) is 0 Å². The standard InChI is InChI=1S/C16H18F2O3/c17-11-6-7-13(14(18)10-11)15(19)8-9-16(20)21-12-4-2-1-3-5-12/h6-7,10,12H,1-5,8-9H2. The smallest absolute Gasteiger partial charge is 0.306 e. The molecule has 0 aromatic heterocycles. The predicted octanol–water partition coefficient (Wildman–Crippen LogP) is 3.80. The van der Waals surface area contributed by atoms with Crippen molar-refractivity contribution in [3.8, 4) is 0 Å². The van der Waals surface area contributed by atoms with E-state index < -0.39 is 23.4 Å². The fraction of sp³-hybridized carbons (Fsp3) is 0.500. The first-order valence-corrected chi connectivity index (χ1v) is 7.24. The van der Waals surface area contributed by atoms with Gasteiger partial charge in [-0.1, -0.05) is 6.42 Å². The summed E-state index contributed by atoms with van der Waals surface area (Å²) in [5.74, 6) is -2.59. The van der Waals surface area contributed by atoms with Crippen molar-refractivity contribution in [2.24, 2.45) is 0 Å². The van der Waals surface area contributed by atoms with Crippen LogP contribution in [-0.2, 0) is 9.53 Å². The van der Waals surface area contributed by atoms with Crippen molar-refractivity contribution in [2.45, 2.75) is 51.0 Å². The minimum atomic E-state index is -0.902. The first kappa shape index (κ1) is 15.6. The zero-order valence-corrected chi connectivity index (χ0v) is 11.7. The number of ketones is 1. The zero-order chi connectivity index (χ0) is 15.2. The number of halogens is 2. The van der Waals surface area contributed by atoms with Gasteiger partial charge in [0.1, 0.15) is 17.7 Å². The van der Waals surface area contributed by atoms with Crippen LogP contribution >= 0.6 is 0 Å². The lowest BCUT2D eigenvalue weighted by Crippen LogP contribution is -2.21. The van der Waals surface area contributed by atoms with Gasteiger partial charge in [-0.3, -0.25) is 9.59 Å². The number of carbonyl (C=O) groups excluding carboxylic acids is 2. The molecule has 114 valence electrons. The first-order valence-electron chi connectivity index (χ1n) is 7.24. The number of esters is 1. The van der Waals surface area contributed by atoms with Crippen LogP contribution in [0.15, 0.2) is 18.2 Å². The molecular weight excluding hydrogens is 278 g/mol. The summed E-state index contributed by atoms with van der Waals surface area (Å²) in [6.07, 6.45) is 4.74. The van der Waals surface area contributed by atoms with Crippen molar-refractivity contribution in [1.82, 2.24) is 0 Å². The summed E-state index contributed by atoms with van der Waals surface area (Å²) < 4.78 is 31.5. The van der Waals surface area contributed by atoms with Gasteiger partial charge in [-0.05, 0) is 37.8 Å². The molecule has 21 heavy (non-hydrogen) atoms. The lowest BCUT2D eigenvalue weighted by molar-refractivity contribution is -0.150. The number of Topliss-reactive ketones (excluding diaryl/α,β-unsaturated/α-hetero) is 1. The number of carbonyl (C=O) groups is 2. The highest BCUT2D eigenvalue weighted by molar-refractivity contribution is 5.97. The molecule has 1 aliphatic carbocycles. The van der Waals surface area contributed by atoms with Gasteiger partial charge < -0.3 is 4.74 Å². The molecule has 1 aromatic rings. The molecule has 0 heterocycles. The maximum atomic E-state index is 13.4. The van der Waals surface area contributed by atoms with Gasteiger partial charge in [-0.15, -0.1) is 0 Å². The highest BCUT2D eigenvalue weighted by Crippen LogP contribution is 2.21. The summed E-state index contributed by atoms with van der Waals surface area (Å²) in [6, 6.07) is 2.78. The molecule has 1 fully saturated rings. The lowest BCUT2D eigenvalue weighted by atomic mass is 9.98. The van der Waals surface area contributed by atoms with Gasteiger partial charge in [0, 0.05) is 12.5 Å². The second kappa shape index (κ2) is 7.29. The van der Waals surface area contributed by atoms with E-state index in [9.17, 15) is 18.4 Å². The Morgan fingerprint density at radius 2 is 1.81 bits per heavy atom. The molecule has 0 amide bonds. The highest BCUT2D eigenvalue weighted by Gasteiger charge is 2.19. The Morgan fingerprint density at radius 1 is 1.10 bits per heavy atom. The third-order valence-electron chi connectivity index (χ3n) is 3.64. The molecule has 0 radical (unpaired) electrons. The summed E-state index contributed by atoms with van der Waals surface area (Å²) in [7, 11) is 0. The number of benzene rings is 1. The van der Waals surface area contributed by atoms with Crippen LogP contribution in [0.3, 0.4) is 0 Å². The van der Waals surface area contributed by atoms with Crippen LogP contribution < -0.4 is 0 Å². The van der Waals surface area contributed by atoms with Crippen LogP contribution in [0.25, 0.3) is 0 Å². The fourth-order valence-electron chi connectivity index (χ4n) is 2.49. The average Bonchev–Trinajstić information content (AvgIpc) is 2.46. The Bertz CT molecular complexity index is 522. The molecule has 1 aliphatic rings. The van der Waals surface area contributed by atoms with E-state index in [0.29, 0.717) is 6.07 Å². The molecule has 0 bridgehead atoms. The maximum absolute atomic E-state index is 13.4. The molecule has 1 saturated carbocycles. The molecule has 0 spiro atoms. The minimum absolute atomic E-state index is 0.0519. The van der Waals surface area contributed by atoms with Crippen molar-refractivity contribution in [3.63, 3.8) is 0 Å². The molecule has 0 aliphatic heterocycles. The molecular formula is C16H18F2O3. The van der Waals surface area contributed by atoms with Crippen molar-refractivity contribution < 1.29 is 23.1 Å². The number of hydrogen-bond acceptors (Lipinski definition) is 3. The maximum Gasteiger partial charge on any atom is 0.306 e. The second-order valence-electron chi connectivity index (χ2n) is 5.30. The monoisotopic (exact) mass is 296 g/mol. The third kappa shape index (κ3) is 4.62. The third-order valence-corrected chi connectivity index (χ3v) is 3.64. The van der Waals surface area contributed by atoms with E-state index in [4.69, 9.17) is 4.74 Å². The van der Waals surface area contributed by atoms with E-state index in [0.717, 1.165) is 44.2 Å². The molecule has 0 atom stereocenters. The zero-order valence-electron chi connectivity index (χ0n) is 11.7. The van der Waals surface area contributed by atoms with Crippen LogP contribution in [0, 0.1) is 11.6 Å². The van der Waals surface area contributed by atoms with Crippen molar-refractivity contribution >= 4 is 11.8 Å². The minimum Gasteiger partial charge on any atom is -0.462 e. The van der Waals surface area contributed by atoms with Crippen LogP contribution in [0.4, 0.5) is 8.78 Å². The Morgan fingerprint density at radius 3 is 2.48 bits per heavy atom. The molecule has 2 rings (SSSR count). The number of rotatable bonds is 5. The van der Waals surface area contributed by atoms with E-state index in [2.05, 4.69) is 0 Å². The quantitative estimate of drug-likeness (QED) is 0.613. The van der Waals surface area contributed by atoms with Gasteiger partial charge in [-0.25, -0.2) is 8.78 Å². The van der Waals surface area contributed by atoms with E-state index in [1.54, 1.807) is 0 Å². The van der Waals surface area contributed by atoms with Crippen molar-refractivity contribution in [2.75, 3.05) is 0 Å². The number of hydrogen-bond donors (Lipinski definition) is 0. The summed E-state index contributed by atoms with van der Waals surface area (Å²) in [4.78, 5) is 23.5. The molecule has 0 saturated heterocycles. The van der Waals surface area contributed by atoms with E-state index >= 15 is 0 Å². The molecule has 0 unspecified atom stereocenters. The van der Waals surface area contributed by atoms with Gasteiger partial charge in [0.15, 0.2) is 5.78 Å². The second-order valence-corrected chi connectivity index (χ2v) is 5.30. The lowest BCUT2D eigenvalue weighted by Gasteiger charge is -2.21. The first-order chi connectivity index (χ1) is 10.1. The van der Waals surface area contributed by atoms with Gasteiger partial charge in [0.05, 0.1) is 12.0 Å². The average molecular weight is 296 g/mol.